The molecule has 0 aliphatic carbocycles. The molecule has 12 heteroatoms. The van der Waals surface area contributed by atoms with E-state index in [1.54, 1.807) is 39.5 Å². The Bertz CT molecular complexity index is 2560. The quantitative estimate of drug-likeness (QED) is 0.119. The number of nitro benzene ring substituents is 1. The zero-order valence-corrected chi connectivity index (χ0v) is 33.1. The summed E-state index contributed by atoms with van der Waals surface area (Å²) in [6, 6.07) is 28.6. The van der Waals surface area contributed by atoms with E-state index in [0.29, 0.717) is 69.2 Å². The number of benzene rings is 5. The number of hydrogen-bond donors (Lipinski definition) is 0. The molecule has 296 valence electrons. The molecule has 0 radical (unpaired) electrons. The molecule has 4 aliphatic rings. The van der Waals surface area contributed by atoms with Crippen molar-refractivity contribution < 1.29 is 33.3 Å². The van der Waals surface area contributed by atoms with Gasteiger partial charge in [0, 0.05) is 54.3 Å². The number of aromatic nitrogens is 1. The van der Waals surface area contributed by atoms with Crippen LogP contribution in [-0.4, -0.2) is 68.2 Å². The third-order valence-electron chi connectivity index (χ3n) is 11.7. The Balaban J connectivity index is 1.19. The summed E-state index contributed by atoms with van der Waals surface area (Å²) in [5.41, 5.74) is 7.36. The van der Waals surface area contributed by atoms with Crippen LogP contribution in [-0.2, 0) is 25.7 Å². The van der Waals surface area contributed by atoms with E-state index in [-0.39, 0.29) is 17.8 Å². The van der Waals surface area contributed by atoms with Crippen LogP contribution in [0.25, 0.3) is 10.9 Å². The van der Waals surface area contributed by atoms with E-state index in [1.165, 1.54) is 23.3 Å². The second-order valence-corrected chi connectivity index (χ2v) is 15.1. The van der Waals surface area contributed by atoms with Gasteiger partial charge >= 0.3 is 0 Å². The largest absolute Gasteiger partial charge is 0.493 e. The minimum atomic E-state index is -0.416. The van der Waals surface area contributed by atoms with Gasteiger partial charge in [-0.1, -0.05) is 18.2 Å². The fraction of sp³-hybridized carbons (Fsp3) is 0.283. The minimum absolute atomic E-state index is 0.00373. The highest BCUT2D eigenvalue weighted by molar-refractivity contribution is 5.81. The van der Waals surface area contributed by atoms with E-state index < -0.39 is 4.92 Å². The molecule has 5 heterocycles. The molecule has 0 spiro atoms. The summed E-state index contributed by atoms with van der Waals surface area (Å²) in [5, 5.41) is 12.0. The van der Waals surface area contributed by atoms with Crippen LogP contribution >= 0.6 is 0 Å². The zero-order valence-electron chi connectivity index (χ0n) is 33.1. The molecule has 10 rings (SSSR count). The number of likely N-dealkylation sites (N-methyl/N-ethyl adjacent to an activating group) is 2. The standard InChI is InChI=1S/C46H44N4O8/c1-48-18-16-29-24-39(53-3)41-26-34(29)36(48)20-27-6-11-33(12-7-27)56-40-22-28(8-14-38(40)57-43-15-9-30-23-32(50(51)52)10-13-35(30)47-43)21-37-44-31(17-19-49(37)2)25-42(54-4)45(55-5)46(44)58-41/h6-15,22-26,36-37H,16-21H2,1-5H3/t36-,37+/m0/s1. The highest BCUT2D eigenvalue weighted by Gasteiger charge is 2.35. The summed E-state index contributed by atoms with van der Waals surface area (Å²) in [4.78, 5) is 20.4. The van der Waals surface area contributed by atoms with Crippen molar-refractivity contribution >= 4 is 16.6 Å². The molecule has 0 saturated carbocycles. The van der Waals surface area contributed by atoms with E-state index in [9.17, 15) is 10.1 Å². The van der Waals surface area contributed by atoms with E-state index in [2.05, 4.69) is 59.2 Å². The van der Waals surface area contributed by atoms with E-state index >= 15 is 0 Å². The van der Waals surface area contributed by atoms with Gasteiger partial charge in [-0.2, -0.15) is 0 Å². The molecule has 0 saturated heterocycles. The first kappa shape index (κ1) is 37.2. The molecule has 6 aromatic rings. The maximum atomic E-state index is 11.4. The Kier molecular flexibility index (Phi) is 9.74. The van der Waals surface area contributed by atoms with Crippen molar-refractivity contribution in [2.75, 3.05) is 48.5 Å². The number of non-ortho nitro benzene ring substituents is 1. The fourth-order valence-corrected chi connectivity index (χ4v) is 8.57. The van der Waals surface area contributed by atoms with Gasteiger partial charge in [-0.15, -0.1) is 0 Å². The highest BCUT2D eigenvalue weighted by atomic mass is 16.6. The topological polar surface area (TPSA) is 118 Å². The second kappa shape index (κ2) is 15.2. The first-order valence-corrected chi connectivity index (χ1v) is 19.4. The van der Waals surface area contributed by atoms with Crippen molar-refractivity contribution in [1.82, 2.24) is 14.8 Å². The summed E-state index contributed by atoms with van der Waals surface area (Å²) < 4.78 is 38.2. The number of pyridine rings is 1. The maximum Gasteiger partial charge on any atom is 0.270 e. The average molecular weight is 781 g/mol. The molecule has 0 fully saturated rings. The normalized spacial score (nSPS) is 17.6. The van der Waals surface area contributed by atoms with Crippen molar-refractivity contribution in [1.29, 1.82) is 0 Å². The third kappa shape index (κ3) is 6.88. The lowest BCUT2D eigenvalue weighted by Gasteiger charge is -2.37. The summed E-state index contributed by atoms with van der Waals surface area (Å²) in [6.45, 7) is 1.75. The molecule has 0 unspecified atom stereocenters. The molecule has 0 amide bonds. The van der Waals surface area contributed by atoms with Crippen LogP contribution in [0.5, 0.6) is 51.9 Å². The first-order chi connectivity index (χ1) is 28.2. The van der Waals surface area contributed by atoms with Gasteiger partial charge in [0.25, 0.3) is 5.69 Å². The number of hydrogen-bond acceptors (Lipinski definition) is 11. The summed E-state index contributed by atoms with van der Waals surface area (Å²) >= 11 is 0. The smallest absolute Gasteiger partial charge is 0.270 e. The number of nitro groups is 1. The van der Waals surface area contributed by atoms with Crippen molar-refractivity contribution in [3.63, 3.8) is 0 Å². The SMILES string of the molecule is COc1cc2c3cc1Oc1c(OC)c(OC)cc4c1[C@@H](Cc1ccc(Oc5ccc6cc([N+](=O)[O-])ccc6n5)c(c1)Oc1ccc(cc1)C[C@@H]3N(C)CC2)N(C)CC4. The van der Waals surface area contributed by atoms with Gasteiger partial charge < -0.3 is 28.4 Å². The average Bonchev–Trinajstić information content (AvgIpc) is 3.23. The van der Waals surface area contributed by atoms with Gasteiger partial charge in [-0.25, -0.2) is 4.98 Å². The number of nitrogens with zero attached hydrogens (tertiary/aromatic N) is 4. The molecule has 5 aromatic carbocycles. The van der Waals surface area contributed by atoms with Crippen LogP contribution in [0.2, 0.25) is 0 Å². The number of ether oxygens (including phenoxy) is 6. The maximum absolute atomic E-state index is 11.4. The lowest BCUT2D eigenvalue weighted by atomic mass is 9.87. The first-order valence-electron chi connectivity index (χ1n) is 19.4. The minimum Gasteiger partial charge on any atom is -0.493 e. The zero-order chi connectivity index (χ0) is 40.1. The second-order valence-electron chi connectivity index (χ2n) is 15.1. The number of methoxy groups -OCH3 is 3. The predicted molar refractivity (Wildman–Crippen MR) is 220 cm³/mol. The van der Waals surface area contributed by atoms with Crippen molar-refractivity contribution in [3.05, 3.63) is 134 Å². The van der Waals surface area contributed by atoms with Crippen LogP contribution in [0.15, 0.2) is 91.0 Å². The molecular weight excluding hydrogens is 737 g/mol. The van der Waals surface area contributed by atoms with Gasteiger partial charge in [-0.05, 0) is 122 Å². The van der Waals surface area contributed by atoms with Gasteiger partial charge in [0.15, 0.2) is 34.5 Å². The Morgan fingerprint density at radius 2 is 1.41 bits per heavy atom. The van der Waals surface area contributed by atoms with Crippen molar-refractivity contribution in [3.8, 4) is 51.9 Å². The highest BCUT2D eigenvalue weighted by Crippen LogP contribution is 2.52. The monoisotopic (exact) mass is 780 g/mol. The molecule has 4 aliphatic heterocycles. The summed E-state index contributed by atoms with van der Waals surface area (Å²) in [6.07, 6.45) is 3.10. The number of fused-ring (bicyclic) bond motifs is 3. The third-order valence-corrected chi connectivity index (χ3v) is 11.7. The molecular formula is C46H44N4O8. The lowest BCUT2D eigenvalue weighted by molar-refractivity contribution is -0.384. The Labute approximate surface area is 336 Å². The lowest BCUT2D eigenvalue weighted by Crippen LogP contribution is -2.34. The van der Waals surface area contributed by atoms with Gasteiger partial charge in [-0.3, -0.25) is 19.9 Å². The Morgan fingerprint density at radius 1 is 0.707 bits per heavy atom. The van der Waals surface area contributed by atoms with Crippen molar-refractivity contribution in [2.24, 2.45) is 0 Å². The van der Waals surface area contributed by atoms with Crippen molar-refractivity contribution in [2.45, 2.75) is 37.8 Å². The predicted octanol–water partition coefficient (Wildman–Crippen LogP) is 9.40. The molecule has 12 nitrogen and oxygen atoms in total. The van der Waals surface area contributed by atoms with E-state index in [0.717, 1.165) is 54.6 Å². The summed E-state index contributed by atoms with van der Waals surface area (Å²) in [5.74, 6) is 5.03. The van der Waals surface area contributed by atoms with Crippen LogP contribution < -0.4 is 28.4 Å². The van der Waals surface area contributed by atoms with E-state index in [1.807, 2.05) is 30.3 Å². The Morgan fingerprint density at radius 3 is 2.17 bits per heavy atom. The molecule has 2 atom stereocenters. The molecule has 1 aromatic heterocycles. The molecule has 6 bridgehead atoms. The molecule has 0 N–H and O–H groups in total. The Hall–Kier alpha value is -6.37. The van der Waals surface area contributed by atoms with Crippen LogP contribution in [0.3, 0.4) is 0 Å². The molecule has 58 heavy (non-hydrogen) atoms. The van der Waals surface area contributed by atoms with Crippen LogP contribution in [0, 0.1) is 10.1 Å². The van der Waals surface area contributed by atoms with E-state index in [4.69, 9.17) is 28.4 Å². The van der Waals surface area contributed by atoms with Gasteiger partial charge in [0.2, 0.25) is 11.6 Å². The number of rotatable bonds is 6. The van der Waals surface area contributed by atoms with Gasteiger partial charge in [0.05, 0.1) is 31.8 Å². The summed E-state index contributed by atoms with van der Waals surface area (Å²) in [7, 11) is 9.30. The van der Waals surface area contributed by atoms with Gasteiger partial charge in [0.1, 0.15) is 5.75 Å². The van der Waals surface area contributed by atoms with Crippen LogP contribution in [0.1, 0.15) is 45.5 Å². The fourth-order valence-electron chi connectivity index (χ4n) is 8.57. The van der Waals surface area contributed by atoms with Crippen LogP contribution in [0.4, 0.5) is 5.69 Å².